The standard InChI is InChI=1S/C19H27N5O6/c1-6-7-10-24-12-14(23(5)17(28)22-16(12)27)21-15(24)13(26)11(25)8-9-20-18(29)30-19(2,3)4/h11,13,25-26H,8-10H2,1-5H3,(H,20,29)(H,22,27,28). The van der Waals surface area contributed by atoms with Crippen LogP contribution in [0.3, 0.4) is 0 Å². The fourth-order valence-electron chi connectivity index (χ4n) is 2.76. The molecule has 164 valence electrons. The molecule has 11 heteroatoms. The minimum atomic E-state index is -1.48. The van der Waals surface area contributed by atoms with Crippen LogP contribution in [0.1, 0.15) is 46.0 Å². The molecular weight excluding hydrogens is 394 g/mol. The molecule has 11 nitrogen and oxygen atoms in total. The third-order valence-corrected chi connectivity index (χ3v) is 4.19. The van der Waals surface area contributed by atoms with Gasteiger partial charge in [0.05, 0.1) is 12.6 Å². The van der Waals surface area contributed by atoms with Crippen LogP contribution >= 0.6 is 0 Å². The van der Waals surface area contributed by atoms with E-state index in [2.05, 4.69) is 27.1 Å². The normalized spacial score (nSPS) is 13.4. The van der Waals surface area contributed by atoms with E-state index < -0.39 is 35.2 Å². The van der Waals surface area contributed by atoms with Crippen molar-refractivity contribution in [3.05, 3.63) is 26.7 Å². The lowest BCUT2D eigenvalue weighted by Gasteiger charge is -2.21. The topological polar surface area (TPSA) is 151 Å². The van der Waals surface area contributed by atoms with Crippen molar-refractivity contribution in [2.75, 3.05) is 6.54 Å². The Balaban J connectivity index is 2.27. The smallest absolute Gasteiger partial charge is 0.407 e. The predicted molar refractivity (Wildman–Crippen MR) is 109 cm³/mol. The van der Waals surface area contributed by atoms with Crippen molar-refractivity contribution in [2.45, 2.75) is 58.5 Å². The zero-order valence-corrected chi connectivity index (χ0v) is 17.6. The third-order valence-electron chi connectivity index (χ3n) is 4.19. The van der Waals surface area contributed by atoms with Crippen LogP contribution < -0.4 is 16.6 Å². The molecule has 2 atom stereocenters. The number of rotatable bonds is 6. The molecule has 0 saturated heterocycles. The molecule has 2 unspecified atom stereocenters. The predicted octanol–water partition coefficient (Wildman–Crippen LogP) is -0.244. The van der Waals surface area contributed by atoms with E-state index in [-0.39, 0.29) is 36.5 Å². The molecule has 0 aliphatic carbocycles. The molecule has 2 aromatic heterocycles. The Morgan fingerprint density at radius 2 is 2.00 bits per heavy atom. The number of aromatic amines is 1. The van der Waals surface area contributed by atoms with Gasteiger partial charge < -0.3 is 24.8 Å². The third kappa shape index (κ3) is 5.28. The van der Waals surface area contributed by atoms with E-state index in [1.54, 1.807) is 27.7 Å². The molecule has 1 amide bonds. The Morgan fingerprint density at radius 3 is 2.60 bits per heavy atom. The van der Waals surface area contributed by atoms with E-state index in [4.69, 9.17) is 4.74 Å². The fourth-order valence-corrected chi connectivity index (χ4v) is 2.76. The molecule has 0 bridgehead atoms. The zero-order chi connectivity index (χ0) is 22.6. The summed E-state index contributed by atoms with van der Waals surface area (Å²) < 4.78 is 7.61. The van der Waals surface area contributed by atoms with Gasteiger partial charge >= 0.3 is 11.8 Å². The van der Waals surface area contributed by atoms with Gasteiger partial charge in [-0.2, -0.15) is 0 Å². The maximum absolute atomic E-state index is 12.3. The monoisotopic (exact) mass is 421 g/mol. The molecule has 2 aromatic rings. The zero-order valence-electron chi connectivity index (χ0n) is 17.6. The number of hydrogen-bond acceptors (Lipinski definition) is 7. The largest absolute Gasteiger partial charge is 0.444 e. The number of hydrogen-bond donors (Lipinski definition) is 4. The van der Waals surface area contributed by atoms with Crippen LogP contribution in [0, 0.1) is 11.8 Å². The van der Waals surface area contributed by atoms with E-state index in [1.807, 2.05) is 0 Å². The number of ether oxygens (including phenoxy) is 1. The molecule has 0 radical (unpaired) electrons. The summed E-state index contributed by atoms with van der Waals surface area (Å²) in [6.45, 7) is 6.87. The highest BCUT2D eigenvalue weighted by Crippen LogP contribution is 2.21. The summed E-state index contributed by atoms with van der Waals surface area (Å²) in [6.07, 6.45) is -3.43. The summed E-state index contributed by atoms with van der Waals surface area (Å²) in [5, 5.41) is 23.5. The quantitative estimate of drug-likeness (QED) is 0.470. The van der Waals surface area contributed by atoms with Gasteiger partial charge in [-0.05, 0) is 34.1 Å². The highest BCUT2D eigenvalue weighted by Gasteiger charge is 2.27. The minimum Gasteiger partial charge on any atom is -0.444 e. The molecule has 0 aliphatic heterocycles. The van der Waals surface area contributed by atoms with Gasteiger partial charge in [0.15, 0.2) is 11.2 Å². The molecule has 30 heavy (non-hydrogen) atoms. The first-order valence-electron chi connectivity index (χ1n) is 9.38. The number of aliphatic hydroxyl groups is 2. The van der Waals surface area contributed by atoms with Crippen molar-refractivity contribution < 1.29 is 19.7 Å². The van der Waals surface area contributed by atoms with Crippen LogP contribution in [0.5, 0.6) is 0 Å². The number of H-pyrrole nitrogens is 1. The Labute approximate surface area is 172 Å². The summed E-state index contributed by atoms with van der Waals surface area (Å²) >= 11 is 0. The van der Waals surface area contributed by atoms with Gasteiger partial charge in [0.25, 0.3) is 5.56 Å². The highest BCUT2D eigenvalue weighted by molar-refractivity contribution is 5.71. The van der Waals surface area contributed by atoms with E-state index in [0.717, 1.165) is 4.57 Å². The molecule has 0 fully saturated rings. The van der Waals surface area contributed by atoms with Gasteiger partial charge in [0.1, 0.15) is 17.5 Å². The van der Waals surface area contributed by atoms with Crippen molar-refractivity contribution in [1.29, 1.82) is 0 Å². The molecule has 2 rings (SSSR count). The molecule has 0 saturated carbocycles. The van der Waals surface area contributed by atoms with E-state index in [9.17, 15) is 24.6 Å². The first-order chi connectivity index (χ1) is 14.0. The number of carbonyl (C=O) groups excluding carboxylic acids is 1. The lowest BCUT2D eigenvalue weighted by atomic mass is 10.1. The number of imidazole rings is 1. The van der Waals surface area contributed by atoms with Gasteiger partial charge in [-0.15, -0.1) is 5.92 Å². The highest BCUT2D eigenvalue weighted by atomic mass is 16.6. The van der Waals surface area contributed by atoms with Crippen LogP contribution in [0.15, 0.2) is 9.59 Å². The van der Waals surface area contributed by atoms with Crippen LogP contribution in [0.4, 0.5) is 4.79 Å². The molecule has 0 spiro atoms. The SMILES string of the molecule is CC#CCn1c(C(O)C(O)CCNC(=O)OC(C)(C)C)nc2c1c(=O)[nH]c(=O)n2C. The Morgan fingerprint density at radius 1 is 1.33 bits per heavy atom. The number of nitrogens with zero attached hydrogens (tertiary/aromatic N) is 3. The van der Waals surface area contributed by atoms with Gasteiger partial charge in [-0.3, -0.25) is 14.3 Å². The van der Waals surface area contributed by atoms with Gasteiger partial charge in [-0.25, -0.2) is 14.6 Å². The first kappa shape index (κ1) is 23.2. The summed E-state index contributed by atoms with van der Waals surface area (Å²) in [7, 11) is 1.43. The average Bonchev–Trinajstić information content (AvgIpc) is 3.02. The van der Waals surface area contributed by atoms with E-state index in [1.165, 1.54) is 11.6 Å². The first-order valence-corrected chi connectivity index (χ1v) is 9.38. The lowest BCUT2D eigenvalue weighted by molar-refractivity contribution is 0.00595. The second-order valence-corrected chi connectivity index (χ2v) is 7.70. The van der Waals surface area contributed by atoms with Crippen LogP contribution in [0.25, 0.3) is 11.2 Å². The summed E-state index contributed by atoms with van der Waals surface area (Å²) in [4.78, 5) is 42.3. The molecule has 2 heterocycles. The number of fused-ring (bicyclic) bond motifs is 1. The number of carbonyl (C=O) groups is 1. The number of aliphatic hydroxyl groups excluding tert-OH is 2. The number of aromatic nitrogens is 4. The van der Waals surface area contributed by atoms with E-state index in [0.29, 0.717) is 0 Å². The number of amides is 1. The van der Waals surface area contributed by atoms with Crippen LogP contribution in [0.2, 0.25) is 0 Å². The minimum absolute atomic E-state index is 0.00163. The maximum Gasteiger partial charge on any atom is 0.407 e. The average molecular weight is 421 g/mol. The van der Waals surface area contributed by atoms with Crippen LogP contribution in [-0.4, -0.2) is 53.7 Å². The molecule has 4 N–H and O–H groups in total. The number of aryl methyl sites for hydroxylation is 1. The molecule has 0 aromatic carbocycles. The molecular formula is C19H27N5O6. The lowest BCUT2D eigenvalue weighted by Crippen LogP contribution is -2.35. The van der Waals surface area contributed by atoms with Crippen LogP contribution in [-0.2, 0) is 18.3 Å². The van der Waals surface area contributed by atoms with Crippen molar-refractivity contribution in [2.24, 2.45) is 7.05 Å². The number of nitrogens with one attached hydrogen (secondary N) is 2. The molecule has 0 aliphatic rings. The second kappa shape index (κ2) is 9.15. The Hall–Kier alpha value is -3.10. The van der Waals surface area contributed by atoms with Gasteiger partial charge in [-0.1, -0.05) is 5.92 Å². The van der Waals surface area contributed by atoms with E-state index >= 15 is 0 Å². The fraction of sp³-hybridized carbons (Fsp3) is 0.579. The number of alkyl carbamates (subject to hydrolysis) is 1. The van der Waals surface area contributed by atoms with Crippen molar-refractivity contribution in [1.82, 2.24) is 24.4 Å². The van der Waals surface area contributed by atoms with Gasteiger partial charge in [0.2, 0.25) is 0 Å². The van der Waals surface area contributed by atoms with Crippen molar-refractivity contribution in [3.8, 4) is 11.8 Å². The maximum atomic E-state index is 12.3. The van der Waals surface area contributed by atoms with Crippen molar-refractivity contribution in [3.63, 3.8) is 0 Å². The van der Waals surface area contributed by atoms with Gasteiger partial charge in [0, 0.05) is 13.6 Å². The van der Waals surface area contributed by atoms with Crippen molar-refractivity contribution >= 4 is 17.3 Å². The Bertz CT molecular complexity index is 1100. The summed E-state index contributed by atoms with van der Waals surface area (Å²) in [5.41, 5.74) is -1.85. The Kier molecular flexibility index (Phi) is 7.07. The second-order valence-electron chi connectivity index (χ2n) is 7.70. The summed E-state index contributed by atoms with van der Waals surface area (Å²) in [6, 6.07) is 0. The summed E-state index contributed by atoms with van der Waals surface area (Å²) in [5.74, 6) is 5.47.